The quantitative estimate of drug-likeness (QED) is 0.481. The molecule has 1 aromatic rings. The van der Waals surface area contributed by atoms with E-state index >= 15 is 0 Å². The number of benzene rings is 1. The largest absolute Gasteiger partial charge is 0.493 e. The zero-order valence-corrected chi connectivity index (χ0v) is 17.9. The van der Waals surface area contributed by atoms with E-state index in [1.54, 1.807) is 17.0 Å². The number of esters is 1. The summed E-state index contributed by atoms with van der Waals surface area (Å²) in [6.45, 7) is 1.40. The van der Waals surface area contributed by atoms with Gasteiger partial charge in [0.05, 0.1) is 38.3 Å². The zero-order chi connectivity index (χ0) is 21.2. The van der Waals surface area contributed by atoms with Gasteiger partial charge in [-0.25, -0.2) is 0 Å². The highest BCUT2D eigenvalue weighted by molar-refractivity contribution is 7.99. The minimum absolute atomic E-state index is 0.138. The number of anilines is 1. The third-order valence-corrected chi connectivity index (χ3v) is 5.53. The number of hydrogen-bond acceptors (Lipinski definition) is 7. The molecular formula is C20H28N2O6S. The molecule has 0 bridgehead atoms. The molecular weight excluding hydrogens is 396 g/mol. The van der Waals surface area contributed by atoms with E-state index in [0.29, 0.717) is 41.6 Å². The Morgan fingerprint density at radius 1 is 1.03 bits per heavy atom. The van der Waals surface area contributed by atoms with Crippen molar-refractivity contribution in [1.82, 2.24) is 4.90 Å². The van der Waals surface area contributed by atoms with E-state index in [9.17, 15) is 14.4 Å². The molecule has 1 aliphatic heterocycles. The van der Waals surface area contributed by atoms with Crippen LogP contribution in [0.15, 0.2) is 12.1 Å². The predicted molar refractivity (Wildman–Crippen MR) is 112 cm³/mol. The molecule has 1 fully saturated rings. The first-order chi connectivity index (χ1) is 14.0. The molecule has 0 atom stereocenters. The van der Waals surface area contributed by atoms with E-state index in [0.717, 1.165) is 19.3 Å². The van der Waals surface area contributed by atoms with Gasteiger partial charge in [0.2, 0.25) is 5.91 Å². The van der Waals surface area contributed by atoms with Gasteiger partial charge < -0.3 is 24.4 Å². The second-order valence-electron chi connectivity index (χ2n) is 6.53. The highest BCUT2D eigenvalue weighted by atomic mass is 32.2. The van der Waals surface area contributed by atoms with Crippen molar-refractivity contribution >= 4 is 35.2 Å². The molecule has 1 aromatic carbocycles. The number of carbonyl (C=O) groups is 3. The van der Waals surface area contributed by atoms with Crippen LogP contribution in [0.5, 0.6) is 11.5 Å². The number of piperidine rings is 1. The Balaban J connectivity index is 2.14. The van der Waals surface area contributed by atoms with Crippen molar-refractivity contribution in [3.8, 4) is 11.5 Å². The minimum atomic E-state index is -0.329. The molecule has 0 aliphatic carbocycles. The maximum atomic E-state index is 13.1. The lowest BCUT2D eigenvalue weighted by Gasteiger charge is -2.28. The first kappa shape index (κ1) is 22.9. The van der Waals surface area contributed by atoms with Crippen LogP contribution in [-0.4, -0.2) is 68.6 Å². The summed E-state index contributed by atoms with van der Waals surface area (Å²) in [5.74, 6) is 0.799. The number of carbonyl (C=O) groups excluding carboxylic acids is 3. The summed E-state index contributed by atoms with van der Waals surface area (Å²) < 4.78 is 15.2. The van der Waals surface area contributed by atoms with E-state index in [1.807, 2.05) is 0 Å². The molecule has 1 aliphatic rings. The van der Waals surface area contributed by atoms with E-state index in [1.165, 1.54) is 33.1 Å². The number of thioether (sulfide) groups is 1. The van der Waals surface area contributed by atoms with Crippen LogP contribution >= 0.6 is 11.8 Å². The van der Waals surface area contributed by atoms with Gasteiger partial charge in [0.25, 0.3) is 5.91 Å². The Morgan fingerprint density at radius 2 is 1.69 bits per heavy atom. The standard InChI is InChI=1S/C20H28N2O6S/c1-26-16-11-14(20(25)22-8-5-4-6-9-22)15(12-17(16)27-2)21-18(23)7-10-29-13-19(24)28-3/h11-12H,4-10,13H2,1-3H3,(H,21,23). The van der Waals surface area contributed by atoms with Crippen LogP contribution in [0.1, 0.15) is 36.0 Å². The summed E-state index contributed by atoms with van der Waals surface area (Å²) >= 11 is 1.32. The summed E-state index contributed by atoms with van der Waals surface area (Å²) in [6.07, 6.45) is 3.26. The maximum absolute atomic E-state index is 13.1. The molecule has 8 nitrogen and oxygen atoms in total. The summed E-state index contributed by atoms with van der Waals surface area (Å²) in [6, 6.07) is 3.22. The van der Waals surface area contributed by atoms with Gasteiger partial charge in [0.1, 0.15) is 0 Å². The monoisotopic (exact) mass is 424 g/mol. The molecule has 0 radical (unpaired) electrons. The van der Waals surface area contributed by atoms with Gasteiger partial charge >= 0.3 is 5.97 Å². The van der Waals surface area contributed by atoms with Crippen molar-refractivity contribution in [2.24, 2.45) is 0 Å². The molecule has 2 rings (SSSR count). The molecule has 1 N–H and O–H groups in total. The number of rotatable bonds is 9. The molecule has 0 spiro atoms. The number of ether oxygens (including phenoxy) is 3. The SMILES string of the molecule is COC(=O)CSCCC(=O)Nc1cc(OC)c(OC)cc1C(=O)N1CCCCC1. The Morgan fingerprint density at radius 3 is 2.31 bits per heavy atom. The molecule has 0 aromatic heterocycles. The third kappa shape index (κ3) is 6.56. The topological polar surface area (TPSA) is 94.2 Å². The van der Waals surface area contributed by atoms with Gasteiger partial charge in [-0.1, -0.05) is 0 Å². The number of methoxy groups -OCH3 is 3. The third-order valence-electron chi connectivity index (χ3n) is 4.59. The summed E-state index contributed by atoms with van der Waals surface area (Å²) in [4.78, 5) is 38.4. The Labute approximate surface area is 175 Å². The number of likely N-dealkylation sites (tertiary alicyclic amines) is 1. The van der Waals surface area contributed by atoms with Crippen molar-refractivity contribution < 1.29 is 28.6 Å². The molecule has 2 amide bonds. The smallest absolute Gasteiger partial charge is 0.315 e. The van der Waals surface area contributed by atoms with E-state index in [-0.39, 0.29) is 30.0 Å². The van der Waals surface area contributed by atoms with Crippen LogP contribution < -0.4 is 14.8 Å². The van der Waals surface area contributed by atoms with E-state index in [4.69, 9.17) is 9.47 Å². The van der Waals surface area contributed by atoms with Gasteiger partial charge in [-0.2, -0.15) is 0 Å². The highest BCUT2D eigenvalue weighted by Gasteiger charge is 2.24. The average molecular weight is 425 g/mol. The Kier molecular flexibility index (Phi) is 9.11. The minimum Gasteiger partial charge on any atom is -0.493 e. The summed E-state index contributed by atoms with van der Waals surface area (Å²) in [5.41, 5.74) is 0.765. The van der Waals surface area contributed by atoms with Gasteiger partial charge in [-0.3, -0.25) is 14.4 Å². The fraction of sp³-hybridized carbons (Fsp3) is 0.550. The number of nitrogens with one attached hydrogen (secondary N) is 1. The zero-order valence-electron chi connectivity index (χ0n) is 17.1. The van der Waals surface area contributed by atoms with Crippen molar-refractivity contribution in [1.29, 1.82) is 0 Å². The molecule has 9 heteroatoms. The summed E-state index contributed by atoms with van der Waals surface area (Å²) in [7, 11) is 4.33. The predicted octanol–water partition coefficient (Wildman–Crippen LogP) is 2.56. The lowest BCUT2D eigenvalue weighted by Crippen LogP contribution is -2.36. The maximum Gasteiger partial charge on any atom is 0.315 e. The van der Waals surface area contributed by atoms with Crippen molar-refractivity contribution in [2.45, 2.75) is 25.7 Å². The van der Waals surface area contributed by atoms with Gasteiger partial charge in [0, 0.05) is 31.3 Å². The van der Waals surface area contributed by atoms with E-state index in [2.05, 4.69) is 10.1 Å². The van der Waals surface area contributed by atoms with Crippen LogP contribution in [0.25, 0.3) is 0 Å². The van der Waals surface area contributed by atoms with Crippen molar-refractivity contribution in [3.05, 3.63) is 17.7 Å². The number of hydrogen-bond donors (Lipinski definition) is 1. The molecule has 1 heterocycles. The summed E-state index contributed by atoms with van der Waals surface area (Å²) in [5, 5.41) is 2.81. The van der Waals surface area contributed by atoms with E-state index < -0.39 is 0 Å². The van der Waals surface area contributed by atoms with Crippen LogP contribution in [0.4, 0.5) is 5.69 Å². The second kappa shape index (κ2) is 11.5. The van der Waals surface area contributed by atoms with Gasteiger partial charge in [0.15, 0.2) is 11.5 Å². The molecule has 160 valence electrons. The van der Waals surface area contributed by atoms with Gasteiger partial charge in [-0.15, -0.1) is 11.8 Å². The Bertz CT molecular complexity index is 734. The lowest BCUT2D eigenvalue weighted by atomic mass is 10.1. The fourth-order valence-corrected chi connectivity index (χ4v) is 3.78. The van der Waals surface area contributed by atoms with Crippen LogP contribution in [0, 0.1) is 0 Å². The molecule has 1 saturated heterocycles. The normalized spacial score (nSPS) is 13.6. The second-order valence-corrected chi connectivity index (χ2v) is 7.64. The van der Waals surface area contributed by atoms with Crippen LogP contribution in [-0.2, 0) is 14.3 Å². The number of nitrogens with zero attached hydrogens (tertiary/aromatic N) is 1. The first-order valence-corrected chi connectivity index (χ1v) is 10.6. The van der Waals surface area contributed by atoms with Crippen LogP contribution in [0.2, 0.25) is 0 Å². The Hall–Kier alpha value is -2.42. The number of amides is 2. The molecule has 0 saturated carbocycles. The van der Waals surface area contributed by atoms with Crippen LogP contribution in [0.3, 0.4) is 0 Å². The first-order valence-electron chi connectivity index (χ1n) is 9.49. The molecule has 0 unspecified atom stereocenters. The van der Waals surface area contributed by atoms with Gasteiger partial charge in [-0.05, 0) is 25.3 Å². The fourth-order valence-electron chi connectivity index (χ4n) is 3.02. The lowest BCUT2D eigenvalue weighted by molar-refractivity contribution is -0.137. The highest BCUT2D eigenvalue weighted by Crippen LogP contribution is 2.34. The van der Waals surface area contributed by atoms with Crippen molar-refractivity contribution in [3.63, 3.8) is 0 Å². The molecule has 29 heavy (non-hydrogen) atoms. The van der Waals surface area contributed by atoms with Crippen molar-refractivity contribution in [2.75, 3.05) is 51.2 Å². The average Bonchev–Trinajstić information content (AvgIpc) is 2.76.